The highest BCUT2D eigenvalue weighted by molar-refractivity contribution is 5.47. The van der Waals surface area contributed by atoms with Gasteiger partial charge in [-0.05, 0) is 43.5 Å². The molecule has 0 spiro atoms. The first-order valence-corrected chi connectivity index (χ1v) is 6.28. The Bertz CT molecular complexity index is 681. The maximum atomic E-state index is 12.8. The van der Waals surface area contributed by atoms with Gasteiger partial charge in [0, 0.05) is 6.07 Å². The summed E-state index contributed by atoms with van der Waals surface area (Å²) in [6.07, 6.45) is -4.49. The van der Waals surface area contributed by atoms with E-state index in [1.807, 2.05) is 32.9 Å². The molecule has 112 valence electrons. The number of hydrogen-bond acceptors (Lipinski definition) is 3. The third kappa shape index (κ3) is 3.26. The van der Waals surface area contributed by atoms with Gasteiger partial charge in [0.05, 0.1) is 5.56 Å². The Morgan fingerprint density at radius 2 is 1.67 bits per heavy atom. The minimum Gasteiger partial charge on any atom is -0.438 e. The number of pyridine rings is 1. The summed E-state index contributed by atoms with van der Waals surface area (Å²) in [5.74, 6) is 0.100. The van der Waals surface area contributed by atoms with Crippen LogP contribution in [0.2, 0.25) is 0 Å². The van der Waals surface area contributed by atoms with E-state index in [2.05, 4.69) is 4.98 Å². The first kappa shape index (κ1) is 15.2. The standard InChI is InChI=1S/C15H15F3N2O/c1-8-4-5-9(2)14(10(8)3)21-13-7-11(15(16,17)18)6-12(19)20-13/h4-7H,1-3H3,(H2,19,20). The van der Waals surface area contributed by atoms with Crippen molar-refractivity contribution in [2.45, 2.75) is 26.9 Å². The van der Waals surface area contributed by atoms with E-state index in [0.717, 1.165) is 28.8 Å². The van der Waals surface area contributed by atoms with Gasteiger partial charge in [0.25, 0.3) is 0 Å². The Morgan fingerprint density at radius 3 is 2.29 bits per heavy atom. The molecule has 1 heterocycles. The highest BCUT2D eigenvalue weighted by Gasteiger charge is 2.31. The summed E-state index contributed by atoms with van der Waals surface area (Å²) in [5, 5.41) is 0. The lowest BCUT2D eigenvalue weighted by Gasteiger charge is -2.14. The van der Waals surface area contributed by atoms with E-state index in [1.165, 1.54) is 0 Å². The lowest BCUT2D eigenvalue weighted by Crippen LogP contribution is -2.07. The van der Waals surface area contributed by atoms with Crippen molar-refractivity contribution in [3.8, 4) is 11.6 Å². The number of aromatic nitrogens is 1. The van der Waals surface area contributed by atoms with Crippen LogP contribution in [0.4, 0.5) is 19.0 Å². The molecule has 0 bridgehead atoms. The van der Waals surface area contributed by atoms with Crippen LogP contribution in [0.15, 0.2) is 24.3 Å². The average Bonchev–Trinajstić information content (AvgIpc) is 2.38. The molecular formula is C15H15F3N2O. The molecule has 0 aliphatic heterocycles. The molecule has 0 amide bonds. The van der Waals surface area contributed by atoms with Gasteiger partial charge >= 0.3 is 6.18 Å². The largest absolute Gasteiger partial charge is 0.438 e. The molecule has 2 N–H and O–H groups in total. The van der Waals surface area contributed by atoms with E-state index < -0.39 is 11.7 Å². The third-order valence-electron chi connectivity index (χ3n) is 3.23. The Kier molecular flexibility index (Phi) is 3.80. The molecule has 0 radical (unpaired) electrons. The van der Waals surface area contributed by atoms with Crippen LogP contribution in [0, 0.1) is 20.8 Å². The summed E-state index contributed by atoms with van der Waals surface area (Å²) in [6.45, 7) is 5.56. The predicted octanol–water partition coefficient (Wildman–Crippen LogP) is 4.40. The van der Waals surface area contributed by atoms with E-state index in [-0.39, 0.29) is 11.7 Å². The van der Waals surface area contributed by atoms with E-state index in [0.29, 0.717) is 5.75 Å². The second-order valence-electron chi connectivity index (χ2n) is 4.87. The molecule has 0 aliphatic carbocycles. The summed E-state index contributed by atoms with van der Waals surface area (Å²) in [7, 11) is 0. The van der Waals surface area contributed by atoms with Gasteiger partial charge in [0.2, 0.25) is 5.88 Å². The minimum absolute atomic E-state index is 0.167. The number of aryl methyl sites for hydroxylation is 2. The first-order valence-electron chi connectivity index (χ1n) is 6.28. The van der Waals surface area contributed by atoms with Crippen molar-refractivity contribution in [2.75, 3.05) is 5.73 Å². The normalized spacial score (nSPS) is 11.5. The molecule has 0 saturated heterocycles. The lowest BCUT2D eigenvalue weighted by atomic mass is 10.1. The zero-order valence-corrected chi connectivity index (χ0v) is 11.9. The van der Waals surface area contributed by atoms with Crippen LogP contribution in [0.5, 0.6) is 11.6 Å². The molecule has 0 fully saturated rings. The number of anilines is 1. The number of nitrogens with two attached hydrogens (primary N) is 1. The predicted molar refractivity (Wildman–Crippen MR) is 74.4 cm³/mol. The molecule has 1 aromatic carbocycles. The van der Waals surface area contributed by atoms with Crippen molar-refractivity contribution in [3.05, 3.63) is 46.5 Å². The van der Waals surface area contributed by atoms with Crippen LogP contribution in [0.3, 0.4) is 0 Å². The Balaban J connectivity index is 2.46. The summed E-state index contributed by atoms with van der Waals surface area (Å²) in [5.41, 5.74) is 7.20. The number of alkyl halides is 3. The van der Waals surface area contributed by atoms with Crippen molar-refractivity contribution in [1.29, 1.82) is 0 Å². The number of benzene rings is 1. The van der Waals surface area contributed by atoms with Crippen molar-refractivity contribution >= 4 is 5.82 Å². The Labute approximate surface area is 120 Å². The molecule has 0 unspecified atom stereocenters. The summed E-state index contributed by atoms with van der Waals surface area (Å²) < 4.78 is 43.9. The molecule has 0 aliphatic rings. The maximum Gasteiger partial charge on any atom is 0.416 e. The van der Waals surface area contributed by atoms with Crippen molar-refractivity contribution in [1.82, 2.24) is 4.98 Å². The van der Waals surface area contributed by atoms with Crippen LogP contribution < -0.4 is 10.5 Å². The van der Waals surface area contributed by atoms with Gasteiger partial charge in [0.15, 0.2) is 0 Å². The van der Waals surface area contributed by atoms with Crippen molar-refractivity contribution in [3.63, 3.8) is 0 Å². The molecule has 6 heteroatoms. The lowest BCUT2D eigenvalue weighted by molar-refractivity contribution is -0.137. The van der Waals surface area contributed by atoms with Gasteiger partial charge in [-0.15, -0.1) is 0 Å². The number of hydrogen-bond donors (Lipinski definition) is 1. The molecule has 21 heavy (non-hydrogen) atoms. The topological polar surface area (TPSA) is 48.1 Å². The average molecular weight is 296 g/mol. The quantitative estimate of drug-likeness (QED) is 0.893. The van der Waals surface area contributed by atoms with Gasteiger partial charge in [0.1, 0.15) is 11.6 Å². The second kappa shape index (κ2) is 5.27. The molecule has 1 aromatic heterocycles. The second-order valence-corrected chi connectivity index (χ2v) is 4.87. The van der Waals surface area contributed by atoms with Gasteiger partial charge < -0.3 is 10.5 Å². The fraction of sp³-hybridized carbons (Fsp3) is 0.267. The highest BCUT2D eigenvalue weighted by Crippen LogP contribution is 2.35. The number of nitrogens with zero attached hydrogens (tertiary/aromatic N) is 1. The number of ether oxygens (including phenoxy) is 1. The zero-order chi connectivity index (χ0) is 15.8. The van der Waals surface area contributed by atoms with Crippen molar-refractivity contribution < 1.29 is 17.9 Å². The monoisotopic (exact) mass is 296 g/mol. The molecule has 2 aromatic rings. The van der Waals surface area contributed by atoms with Crippen LogP contribution in [0.25, 0.3) is 0 Å². The third-order valence-corrected chi connectivity index (χ3v) is 3.23. The Hall–Kier alpha value is -2.24. The molecule has 2 rings (SSSR count). The van der Waals surface area contributed by atoms with Gasteiger partial charge in [-0.1, -0.05) is 12.1 Å². The first-order chi connectivity index (χ1) is 9.68. The fourth-order valence-electron chi connectivity index (χ4n) is 1.93. The maximum absolute atomic E-state index is 12.8. The molecule has 0 atom stereocenters. The van der Waals surface area contributed by atoms with Gasteiger partial charge in [-0.3, -0.25) is 0 Å². The van der Waals surface area contributed by atoms with E-state index in [4.69, 9.17) is 10.5 Å². The highest BCUT2D eigenvalue weighted by atomic mass is 19.4. The number of nitrogen functional groups attached to an aromatic ring is 1. The van der Waals surface area contributed by atoms with Crippen LogP contribution in [-0.2, 0) is 6.18 Å². The van der Waals surface area contributed by atoms with Crippen molar-refractivity contribution in [2.24, 2.45) is 0 Å². The van der Waals surface area contributed by atoms with E-state index in [9.17, 15) is 13.2 Å². The fourth-order valence-corrected chi connectivity index (χ4v) is 1.93. The molecule has 0 saturated carbocycles. The molecule has 3 nitrogen and oxygen atoms in total. The van der Waals surface area contributed by atoms with E-state index in [1.54, 1.807) is 0 Å². The number of halogens is 3. The zero-order valence-electron chi connectivity index (χ0n) is 11.9. The van der Waals surface area contributed by atoms with Crippen LogP contribution in [-0.4, -0.2) is 4.98 Å². The van der Waals surface area contributed by atoms with Crippen LogP contribution in [0.1, 0.15) is 22.3 Å². The minimum atomic E-state index is -4.49. The summed E-state index contributed by atoms with van der Waals surface area (Å²) in [6, 6.07) is 5.39. The smallest absolute Gasteiger partial charge is 0.416 e. The van der Waals surface area contributed by atoms with Gasteiger partial charge in [-0.2, -0.15) is 18.2 Å². The van der Waals surface area contributed by atoms with Crippen LogP contribution >= 0.6 is 0 Å². The van der Waals surface area contributed by atoms with E-state index >= 15 is 0 Å². The summed E-state index contributed by atoms with van der Waals surface area (Å²) in [4.78, 5) is 3.81. The SMILES string of the molecule is Cc1ccc(C)c(Oc2cc(C(F)(F)F)cc(N)n2)c1C. The Morgan fingerprint density at radius 1 is 1.05 bits per heavy atom. The molecular weight excluding hydrogens is 281 g/mol. The number of rotatable bonds is 2. The summed E-state index contributed by atoms with van der Waals surface area (Å²) >= 11 is 0. The van der Waals surface area contributed by atoms with Gasteiger partial charge in [-0.25, -0.2) is 0 Å².